The van der Waals surface area contributed by atoms with Crippen molar-refractivity contribution in [2.75, 3.05) is 26.2 Å². The number of hydrogen-bond acceptors (Lipinski definition) is 7. The normalized spacial score (nSPS) is 22.0. The van der Waals surface area contributed by atoms with Gasteiger partial charge in [0, 0.05) is 40.9 Å². The minimum atomic E-state index is -0.514. The van der Waals surface area contributed by atoms with Gasteiger partial charge in [0.25, 0.3) is 0 Å². The molecule has 0 unspecified atom stereocenters. The van der Waals surface area contributed by atoms with Crippen LogP contribution in [0.3, 0.4) is 0 Å². The Morgan fingerprint density at radius 3 is 2.45 bits per heavy atom. The van der Waals surface area contributed by atoms with Gasteiger partial charge in [-0.05, 0) is 80.9 Å². The highest BCUT2D eigenvalue weighted by molar-refractivity contribution is 5.90. The second kappa shape index (κ2) is 10.8. The van der Waals surface area contributed by atoms with Crippen molar-refractivity contribution in [3.05, 3.63) is 82.7 Å². The molecule has 1 aliphatic heterocycles. The van der Waals surface area contributed by atoms with E-state index >= 15 is 0 Å². The van der Waals surface area contributed by atoms with E-state index in [1.807, 2.05) is 42.6 Å². The second-order valence-electron chi connectivity index (χ2n) is 13.3. The monoisotopic (exact) mass is 598 g/mol. The third kappa shape index (κ3) is 5.58. The predicted octanol–water partition coefficient (Wildman–Crippen LogP) is 5.64. The topological polar surface area (TPSA) is 102 Å². The number of aryl methyl sites for hydroxylation is 2. The van der Waals surface area contributed by atoms with Crippen molar-refractivity contribution in [3.63, 3.8) is 0 Å². The zero-order valence-corrected chi connectivity index (χ0v) is 25.9. The first-order valence-electron chi connectivity index (χ1n) is 15.6. The molecule has 4 aliphatic rings. The summed E-state index contributed by atoms with van der Waals surface area (Å²) in [6, 6.07) is 9.90. The number of nitrogens with one attached hydrogen (secondary N) is 1. The zero-order chi connectivity index (χ0) is 30.6. The number of amides is 2. The molecular weight excluding hydrogens is 556 g/mol. The number of piperazine rings is 1. The largest absolute Gasteiger partial charge is 0.443 e. The van der Waals surface area contributed by atoms with E-state index < -0.39 is 17.7 Å². The van der Waals surface area contributed by atoms with Gasteiger partial charge in [0.15, 0.2) is 0 Å². The van der Waals surface area contributed by atoms with Crippen molar-refractivity contribution >= 4 is 23.8 Å². The average molecular weight is 599 g/mol. The minimum absolute atomic E-state index is 0. The summed E-state index contributed by atoms with van der Waals surface area (Å²) >= 11 is 0. The average Bonchev–Trinajstić information content (AvgIpc) is 3.88. The van der Waals surface area contributed by atoms with Crippen LogP contribution in [0.1, 0.15) is 86.7 Å². The number of fused-ring (bicyclic) bond motifs is 2. The number of carbonyl (C=O) groups is 2. The number of nitrogens with zero attached hydrogens (tertiary/aromatic N) is 5. The van der Waals surface area contributed by atoms with Crippen LogP contribution in [0.4, 0.5) is 9.59 Å². The summed E-state index contributed by atoms with van der Waals surface area (Å²) in [6.07, 6.45) is 10.5. The fourth-order valence-electron chi connectivity index (χ4n) is 6.26. The lowest BCUT2D eigenvalue weighted by atomic mass is 9.88. The van der Waals surface area contributed by atoms with Crippen molar-refractivity contribution in [1.29, 1.82) is 0 Å². The van der Waals surface area contributed by atoms with Crippen LogP contribution in [0.2, 0.25) is 0 Å². The molecule has 1 N–H and O–H groups in total. The highest BCUT2D eigenvalue weighted by Gasteiger charge is 2.44. The summed E-state index contributed by atoms with van der Waals surface area (Å²) in [5.74, 6) is 0. The van der Waals surface area contributed by atoms with E-state index in [-0.39, 0.29) is 19.2 Å². The first kappa shape index (κ1) is 28.6. The number of alkyl carbamates (subject to hydrolysis) is 1. The van der Waals surface area contributed by atoms with Gasteiger partial charge >= 0.3 is 12.2 Å². The molecule has 3 fully saturated rings. The first-order chi connectivity index (χ1) is 21.1. The van der Waals surface area contributed by atoms with Gasteiger partial charge in [0.1, 0.15) is 11.2 Å². The van der Waals surface area contributed by atoms with E-state index in [0.29, 0.717) is 26.2 Å². The van der Waals surface area contributed by atoms with Crippen LogP contribution in [0.15, 0.2) is 49.1 Å². The number of carbonyl (C=O) groups excluding carboxylic acids is 2. The molecule has 2 saturated carbocycles. The van der Waals surface area contributed by atoms with Gasteiger partial charge in [-0.3, -0.25) is 9.88 Å². The number of benzene rings is 1. The van der Waals surface area contributed by atoms with Crippen LogP contribution in [0, 0.1) is 6.92 Å². The van der Waals surface area contributed by atoms with E-state index in [2.05, 4.69) is 52.5 Å². The van der Waals surface area contributed by atoms with Crippen molar-refractivity contribution < 1.29 is 20.5 Å². The quantitative estimate of drug-likeness (QED) is 0.392. The van der Waals surface area contributed by atoms with Crippen LogP contribution in [0.25, 0.3) is 11.6 Å². The molecule has 3 aromatic rings. The van der Waals surface area contributed by atoms with E-state index in [1.165, 1.54) is 0 Å². The highest BCUT2D eigenvalue weighted by atomic mass is 16.6. The molecule has 2 aromatic heterocycles. The first-order valence-corrected chi connectivity index (χ1v) is 15.6. The number of imidazole rings is 1. The summed E-state index contributed by atoms with van der Waals surface area (Å²) in [7, 11) is 1.94. The van der Waals surface area contributed by atoms with Gasteiger partial charge in [-0.1, -0.05) is 29.8 Å². The molecule has 2 atom stereocenters. The van der Waals surface area contributed by atoms with Crippen molar-refractivity contribution in [3.8, 4) is 0 Å². The molecule has 7 rings (SSSR count). The highest BCUT2D eigenvalue weighted by Crippen LogP contribution is 2.45. The Morgan fingerprint density at radius 1 is 1.05 bits per heavy atom. The van der Waals surface area contributed by atoms with E-state index in [4.69, 9.17) is 14.5 Å². The molecule has 3 aliphatic carbocycles. The van der Waals surface area contributed by atoms with Crippen molar-refractivity contribution in [2.24, 2.45) is 7.05 Å². The maximum absolute atomic E-state index is 13.3. The summed E-state index contributed by atoms with van der Waals surface area (Å²) < 4.78 is 13.5. The van der Waals surface area contributed by atoms with Gasteiger partial charge in [-0.15, -0.1) is 0 Å². The molecule has 3 heterocycles. The third-order valence-electron chi connectivity index (χ3n) is 9.50. The fourth-order valence-corrected chi connectivity index (χ4v) is 6.26. The summed E-state index contributed by atoms with van der Waals surface area (Å²) in [6.45, 7) is 8.58. The molecule has 1 saturated heterocycles. The fraction of sp³-hybridized carbons (Fsp3) is 0.471. The SMILES string of the molecule is Cc1ccc2c(c1)C([C@@H](NC(=O)OC1(C)CC1)c1cncn1C)=Cc1cccnc1[C@H]2N1CCN(C(=O)OC2(C)CC2)CC1.[HH]. The van der Waals surface area contributed by atoms with Gasteiger partial charge in [0.2, 0.25) is 0 Å². The molecule has 0 spiro atoms. The second-order valence-corrected chi connectivity index (χ2v) is 13.3. The Morgan fingerprint density at radius 2 is 1.77 bits per heavy atom. The lowest BCUT2D eigenvalue weighted by molar-refractivity contribution is 0.0380. The molecule has 232 valence electrons. The maximum Gasteiger partial charge on any atom is 0.410 e. The molecule has 0 radical (unpaired) electrons. The van der Waals surface area contributed by atoms with Crippen LogP contribution >= 0.6 is 0 Å². The van der Waals surface area contributed by atoms with Crippen LogP contribution in [-0.2, 0) is 16.5 Å². The van der Waals surface area contributed by atoms with E-state index in [9.17, 15) is 9.59 Å². The Bertz CT molecular complexity index is 1640. The summed E-state index contributed by atoms with van der Waals surface area (Å²) in [5, 5.41) is 3.20. The number of ether oxygens (including phenoxy) is 2. The molecule has 2 amide bonds. The number of aromatic nitrogens is 3. The smallest absolute Gasteiger partial charge is 0.410 e. The van der Waals surface area contributed by atoms with E-state index in [1.54, 1.807) is 12.5 Å². The Labute approximate surface area is 259 Å². The van der Waals surface area contributed by atoms with Crippen molar-refractivity contribution in [1.82, 2.24) is 29.7 Å². The summed E-state index contributed by atoms with van der Waals surface area (Å²) in [5.41, 5.74) is 6.30. The van der Waals surface area contributed by atoms with Gasteiger partial charge in [0.05, 0.1) is 36.0 Å². The van der Waals surface area contributed by atoms with Gasteiger partial charge in [-0.2, -0.15) is 0 Å². The predicted molar refractivity (Wildman–Crippen MR) is 168 cm³/mol. The zero-order valence-electron chi connectivity index (χ0n) is 25.9. The van der Waals surface area contributed by atoms with Crippen LogP contribution in [-0.4, -0.2) is 73.9 Å². The minimum Gasteiger partial charge on any atom is -0.443 e. The van der Waals surface area contributed by atoms with Crippen molar-refractivity contribution in [2.45, 2.75) is 69.7 Å². The van der Waals surface area contributed by atoms with Gasteiger partial charge in [-0.25, -0.2) is 14.6 Å². The lowest BCUT2D eigenvalue weighted by Crippen LogP contribution is -2.50. The molecular formula is C34H42N6O4. The number of rotatable bonds is 6. The third-order valence-corrected chi connectivity index (χ3v) is 9.50. The van der Waals surface area contributed by atoms with E-state index in [0.717, 1.165) is 64.9 Å². The lowest BCUT2D eigenvalue weighted by Gasteiger charge is -2.39. The standard InChI is InChI=1S/C34H40N6O4.H2/c1-22-7-8-24-25(18-22)26(29(27-20-35-21-38(27)4)37-31(41)43-33(2)9-10-33)19-23-6-5-13-36-28(23)30(24)39-14-16-40(17-15-39)32(42)44-34(3)11-12-34;/h5-8,13,18-21,29-30H,9-12,14-17H2,1-4H3,(H,37,41);1H/t29-,30+;/m1./s1. The Kier molecular flexibility index (Phi) is 6.99. The van der Waals surface area contributed by atoms with Crippen LogP contribution < -0.4 is 5.32 Å². The molecule has 10 heteroatoms. The number of hydrogen-bond donors (Lipinski definition) is 1. The van der Waals surface area contributed by atoms with Crippen LogP contribution in [0.5, 0.6) is 0 Å². The summed E-state index contributed by atoms with van der Waals surface area (Å²) in [4.78, 5) is 39.7. The Balaban J connectivity index is 0.00000357. The number of pyridine rings is 1. The molecule has 0 bridgehead atoms. The van der Waals surface area contributed by atoms with Gasteiger partial charge < -0.3 is 24.3 Å². The molecule has 44 heavy (non-hydrogen) atoms. The molecule has 1 aromatic carbocycles. The Hall–Kier alpha value is -4.18. The maximum atomic E-state index is 13.3. The molecule has 10 nitrogen and oxygen atoms in total.